The predicted octanol–water partition coefficient (Wildman–Crippen LogP) is 3.48. The highest BCUT2D eigenvalue weighted by molar-refractivity contribution is 5.85. The van der Waals surface area contributed by atoms with Crippen LogP contribution in [0, 0.1) is 5.92 Å². The standard InChI is InChI=1S/C22H37N3O/c1-17(2)15-23-21(26)22(3,4)25-12-10-19(11-13-25)20-9-7-8-18(14-20)16-24(5)6/h7-9,14,17,19H,10-13,15-16H2,1-6H3,(H,23,26). The molecule has 1 aromatic carbocycles. The topological polar surface area (TPSA) is 35.6 Å². The molecule has 26 heavy (non-hydrogen) atoms. The molecule has 0 saturated carbocycles. The first kappa shape index (κ1) is 20.9. The van der Waals surface area contributed by atoms with Crippen molar-refractivity contribution in [2.24, 2.45) is 5.92 Å². The van der Waals surface area contributed by atoms with Crippen LogP contribution < -0.4 is 5.32 Å². The number of carbonyl (C=O) groups excluding carboxylic acids is 1. The van der Waals surface area contributed by atoms with Gasteiger partial charge in [-0.1, -0.05) is 38.1 Å². The molecule has 4 nitrogen and oxygen atoms in total. The summed E-state index contributed by atoms with van der Waals surface area (Å²) in [5.41, 5.74) is 2.39. The van der Waals surface area contributed by atoms with E-state index in [-0.39, 0.29) is 5.91 Å². The summed E-state index contributed by atoms with van der Waals surface area (Å²) in [6, 6.07) is 9.02. The maximum atomic E-state index is 12.6. The van der Waals surface area contributed by atoms with Crippen LogP contribution in [0.4, 0.5) is 0 Å². The van der Waals surface area contributed by atoms with Crippen LogP contribution in [0.2, 0.25) is 0 Å². The van der Waals surface area contributed by atoms with Gasteiger partial charge in [0.15, 0.2) is 0 Å². The van der Waals surface area contributed by atoms with Crippen LogP contribution in [-0.2, 0) is 11.3 Å². The van der Waals surface area contributed by atoms with E-state index in [0.29, 0.717) is 11.8 Å². The molecule has 1 fully saturated rings. The van der Waals surface area contributed by atoms with E-state index in [9.17, 15) is 4.79 Å². The quantitative estimate of drug-likeness (QED) is 0.810. The number of amides is 1. The van der Waals surface area contributed by atoms with Crippen LogP contribution in [-0.4, -0.2) is 55.0 Å². The van der Waals surface area contributed by atoms with Crippen LogP contribution in [0.3, 0.4) is 0 Å². The predicted molar refractivity (Wildman–Crippen MR) is 109 cm³/mol. The number of nitrogens with one attached hydrogen (secondary N) is 1. The van der Waals surface area contributed by atoms with E-state index in [1.165, 1.54) is 11.1 Å². The largest absolute Gasteiger partial charge is 0.354 e. The third-order valence-electron chi connectivity index (χ3n) is 5.43. The Bertz CT molecular complexity index is 587. The van der Waals surface area contributed by atoms with Crippen molar-refractivity contribution in [3.63, 3.8) is 0 Å². The van der Waals surface area contributed by atoms with E-state index in [0.717, 1.165) is 39.0 Å². The van der Waals surface area contributed by atoms with E-state index in [4.69, 9.17) is 0 Å². The van der Waals surface area contributed by atoms with Gasteiger partial charge >= 0.3 is 0 Å². The summed E-state index contributed by atoms with van der Waals surface area (Å²) in [5.74, 6) is 1.23. The number of rotatable bonds is 7. The Labute approximate surface area is 159 Å². The number of hydrogen-bond acceptors (Lipinski definition) is 3. The second-order valence-electron chi connectivity index (χ2n) is 8.91. The van der Waals surface area contributed by atoms with Gasteiger partial charge in [0.25, 0.3) is 0 Å². The van der Waals surface area contributed by atoms with Gasteiger partial charge in [-0.2, -0.15) is 0 Å². The van der Waals surface area contributed by atoms with Crippen molar-refractivity contribution in [2.45, 2.75) is 58.5 Å². The van der Waals surface area contributed by atoms with E-state index < -0.39 is 5.54 Å². The molecule has 1 N–H and O–H groups in total. The Morgan fingerprint density at radius 3 is 2.50 bits per heavy atom. The van der Waals surface area contributed by atoms with E-state index in [1.54, 1.807) is 0 Å². The van der Waals surface area contributed by atoms with Gasteiger partial charge in [0.05, 0.1) is 5.54 Å². The number of hydrogen-bond donors (Lipinski definition) is 1. The van der Waals surface area contributed by atoms with Crippen molar-refractivity contribution in [2.75, 3.05) is 33.7 Å². The molecular weight excluding hydrogens is 322 g/mol. The molecule has 0 spiro atoms. The third-order valence-corrected chi connectivity index (χ3v) is 5.43. The SMILES string of the molecule is CC(C)CNC(=O)C(C)(C)N1CCC(c2cccc(CN(C)C)c2)CC1. The zero-order chi connectivity index (χ0) is 19.3. The van der Waals surface area contributed by atoms with Crippen molar-refractivity contribution in [3.05, 3.63) is 35.4 Å². The summed E-state index contributed by atoms with van der Waals surface area (Å²) in [7, 11) is 4.22. The zero-order valence-corrected chi connectivity index (χ0v) is 17.5. The average molecular weight is 360 g/mol. The Morgan fingerprint density at radius 1 is 1.27 bits per heavy atom. The van der Waals surface area contributed by atoms with Crippen molar-refractivity contribution < 1.29 is 4.79 Å². The van der Waals surface area contributed by atoms with Gasteiger partial charge in [-0.15, -0.1) is 0 Å². The molecule has 0 atom stereocenters. The first-order chi connectivity index (χ1) is 12.2. The lowest BCUT2D eigenvalue weighted by Gasteiger charge is -2.42. The number of carbonyl (C=O) groups is 1. The molecule has 0 bridgehead atoms. The Balaban J connectivity index is 1.95. The van der Waals surface area contributed by atoms with Gasteiger partial charge in [0, 0.05) is 13.1 Å². The molecule has 1 aromatic rings. The molecular formula is C22H37N3O. The molecule has 0 unspecified atom stereocenters. The highest BCUT2D eigenvalue weighted by Gasteiger charge is 2.36. The fourth-order valence-corrected chi connectivity index (χ4v) is 3.74. The van der Waals surface area contributed by atoms with Crippen molar-refractivity contribution in [3.8, 4) is 0 Å². The molecule has 1 saturated heterocycles. The average Bonchev–Trinajstić information content (AvgIpc) is 2.59. The fourth-order valence-electron chi connectivity index (χ4n) is 3.74. The monoisotopic (exact) mass is 359 g/mol. The number of benzene rings is 1. The minimum Gasteiger partial charge on any atom is -0.354 e. The summed E-state index contributed by atoms with van der Waals surface area (Å²) >= 11 is 0. The number of nitrogens with zero attached hydrogens (tertiary/aromatic N) is 2. The van der Waals surface area contributed by atoms with Gasteiger partial charge in [-0.3, -0.25) is 9.69 Å². The van der Waals surface area contributed by atoms with E-state index in [1.807, 2.05) is 0 Å². The first-order valence-electron chi connectivity index (χ1n) is 9.97. The van der Waals surface area contributed by atoms with Crippen LogP contribution >= 0.6 is 0 Å². The molecule has 2 rings (SSSR count). The maximum absolute atomic E-state index is 12.6. The zero-order valence-electron chi connectivity index (χ0n) is 17.5. The summed E-state index contributed by atoms with van der Waals surface area (Å²) < 4.78 is 0. The van der Waals surface area contributed by atoms with Gasteiger partial charge < -0.3 is 10.2 Å². The van der Waals surface area contributed by atoms with Crippen LogP contribution in [0.1, 0.15) is 57.6 Å². The van der Waals surface area contributed by atoms with E-state index in [2.05, 4.69) is 81.2 Å². The minimum absolute atomic E-state index is 0.151. The molecule has 0 radical (unpaired) electrons. The smallest absolute Gasteiger partial charge is 0.239 e. The van der Waals surface area contributed by atoms with Gasteiger partial charge in [-0.05, 0) is 76.8 Å². The lowest BCUT2D eigenvalue weighted by Crippen LogP contribution is -2.57. The van der Waals surface area contributed by atoms with Crippen molar-refractivity contribution in [1.29, 1.82) is 0 Å². The summed E-state index contributed by atoms with van der Waals surface area (Å²) in [5, 5.41) is 3.10. The first-order valence-corrected chi connectivity index (χ1v) is 9.97. The second kappa shape index (κ2) is 9.01. The summed E-state index contributed by atoms with van der Waals surface area (Å²) in [6.07, 6.45) is 2.23. The summed E-state index contributed by atoms with van der Waals surface area (Å²) in [4.78, 5) is 17.2. The molecule has 0 aromatic heterocycles. The highest BCUT2D eigenvalue weighted by Crippen LogP contribution is 2.31. The highest BCUT2D eigenvalue weighted by atomic mass is 16.2. The number of likely N-dealkylation sites (tertiary alicyclic amines) is 1. The Hall–Kier alpha value is -1.39. The second-order valence-corrected chi connectivity index (χ2v) is 8.91. The molecule has 4 heteroatoms. The lowest BCUT2D eigenvalue weighted by molar-refractivity contribution is -0.132. The molecule has 1 amide bonds. The normalized spacial score (nSPS) is 17.1. The third kappa shape index (κ3) is 5.55. The maximum Gasteiger partial charge on any atom is 0.239 e. The molecule has 0 aliphatic carbocycles. The van der Waals surface area contributed by atoms with Gasteiger partial charge in [0.2, 0.25) is 5.91 Å². The van der Waals surface area contributed by atoms with Gasteiger partial charge in [0.1, 0.15) is 0 Å². The van der Waals surface area contributed by atoms with Crippen molar-refractivity contribution in [1.82, 2.24) is 15.1 Å². The van der Waals surface area contributed by atoms with Crippen molar-refractivity contribution >= 4 is 5.91 Å². The summed E-state index contributed by atoms with van der Waals surface area (Å²) in [6.45, 7) is 12.1. The minimum atomic E-state index is -0.438. The lowest BCUT2D eigenvalue weighted by atomic mass is 9.86. The molecule has 1 aliphatic rings. The fraction of sp³-hybridized carbons (Fsp3) is 0.682. The van der Waals surface area contributed by atoms with Crippen LogP contribution in [0.5, 0.6) is 0 Å². The van der Waals surface area contributed by atoms with Crippen LogP contribution in [0.25, 0.3) is 0 Å². The van der Waals surface area contributed by atoms with Gasteiger partial charge in [-0.25, -0.2) is 0 Å². The van der Waals surface area contributed by atoms with E-state index >= 15 is 0 Å². The van der Waals surface area contributed by atoms with Crippen LogP contribution in [0.15, 0.2) is 24.3 Å². The Kier molecular flexibility index (Phi) is 7.24. The Morgan fingerprint density at radius 2 is 1.92 bits per heavy atom. The number of piperidine rings is 1. The molecule has 1 heterocycles. The molecule has 146 valence electrons. The molecule has 1 aliphatic heterocycles.